The Morgan fingerprint density at radius 2 is 1.94 bits per heavy atom. The average molecular weight is 255 g/mol. The Hall–Kier alpha value is -1.00. The van der Waals surface area contributed by atoms with Crippen LogP contribution in [-0.4, -0.2) is 17.8 Å². The van der Waals surface area contributed by atoms with Crippen LogP contribution in [0.2, 0.25) is 0 Å². The van der Waals surface area contributed by atoms with Gasteiger partial charge in [-0.05, 0) is 37.5 Å². The molecule has 0 saturated heterocycles. The topological polar surface area (TPSA) is 32.3 Å². The van der Waals surface area contributed by atoms with Crippen LogP contribution >= 0.6 is 0 Å². The Bertz CT molecular complexity index is 418. The van der Waals surface area contributed by atoms with Crippen molar-refractivity contribution in [2.75, 3.05) is 6.61 Å². The molecule has 1 saturated carbocycles. The van der Waals surface area contributed by atoms with Crippen LogP contribution in [0, 0.1) is 11.6 Å². The maximum atomic E-state index is 13.3. The lowest BCUT2D eigenvalue weighted by Gasteiger charge is -2.33. The molecule has 1 aromatic rings. The molecule has 1 aliphatic carbocycles. The van der Waals surface area contributed by atoms with Crippen LogP contribution in [0.15, 0.2) is 18.2 Å². The number of hydrogen-bond acceptors (Lipinski definition) is 2. The number of hydrogen-bond donors (Lipinski definition) is 2. The van der Waals surface area contributed by atoms with Crippen molar-refractivity contribution in [3.8, 4) is 0 Å². The molecular weight excluding hydrogens is 236 g/mol. The van der Waals surface area contributed by atoms with Crippen LogP contribution in [0.3, 0.4) is 0 Å². The number of aliphatic hydroxyl groups excluding tert-OH is 1. The quantitative estimate of drug-likeness (QED) is 0.867. The summed E-state index contributed by atoms with van der Waals surface area (Å²) in [6.07, 6.45) is 4.49. The first kappa shape index (κ1) is 13.4. The van der Waals surface area contributed by atoms with E-state index in [1.807, 2.05) is 6.92 Å². The van der Waals surface area contributed by atoms with Gasteiger partial charge in [0, 0.05) is 6.04 Å². The maximum absolute atomic E-state index is 13.3. The lowest BCUT2D eigenvalue weighted by Crippen LogP contribution is -2.47. The van der Waals surface area contributed by atoms with Crippen molar-refractivity contribution in [1.29, 1.82) is 0 Å². The molecule has 1 atom stereocenters. The molecule has 0 aliphatic heterocycles. The third-order valence-electron chi connectivity index (χ3n) is 3.75. The molecule has 4 heteroatoms. The normalized spacial score (nSPS) is 20.0. The summed E-state index contributed by atoms with van der Waals surface area (Å²) in [6.45, 7) is 1.67. The van der Waals surface area contributed by atoms with Crippen molar-refractivity contribution in [3.63, 3.8) is 0 Å². The van der Waals surface area contributed by atoms with Crippen LogP contribution < -0.4 is 5.32 Å². The van der Waals surface area contributed by atoms with Gasteiger partial charge in [0.15, 0.2) is 11.6 Å². The minimum Gasteiger partial charge on any atom is -0.394 e. The number of nitrogens with one attached hydrogen (secondary N) is 1. The summed E-state index contributed by atoms with van der Waals surface area (Å²) in [4.78, 5) is 0. The molecule has 18 heavy (non-hydrogen) atoms. The molecule has 1 unspecified atom stereocenters. The third-order valence-corrected chi connectivity index (χ3v) is 3.75. The third kappa shape index (κ3) is 2.70. The Kier molecular flexibility index (Phi) is 3.97. The highest BCUT2D eigenvalue weighted by atomic mass is 19.2. The van der Waals surface area contributed by atoms with Crippen molar-refractivity contribution in [2.45, 2.75) is 44.2 Å². The second-order valence-corrected chi connectivity index (χ2v) is 5.24. The molecule has 0 heterocycles. The summed E-state index contributed by atoms with van der Waals surface area (Å²) in [5, 5.41) is 12.9. The molecule has 0 bridgehead atoms. The van der Waals surface area contributed by atoms with Gasteiger partial charge < -0.3 is 10.4 Å². The van der Waals surface area contributed by atoms with E-state index >= 15 is 0 Å². The molecular formula is C14H19F2NO. The SMILES string of the molecule is CC(CO)(NC1CCCC1)c1ccc(F)c(F)c1. The maximum Gasteiger partial charge on any atom is 0.159 e. The smallest absolute Gasteiger partial charge is 0.159 e. The summed E-state index contributed by atoms with van der Waals surface area (Å²) < 4.78 is 26.2. The van der Waals surface area contributed by atoms with E-state index in [-0.39, 0.29) is 6.61 Å². The number of rotatable bonds is 4. The molecule has 1 aliphatic rings. The fourth-order valence-corrected chi connectivity index (χ4v) is 2.58. The standard InChI is InChI=1S/C14H19F2NO/c1-14(9-18,17-11-4-2-3-5-11)10-6-7-12(15)13(16)8-10/h6-8,11,17-18H,2-5,9H2,1H3. The first-order valence-corrected chi connectivity index (χ1v) is 6.39. The summed E-state index contributed by atoms with van der Waals surface area (Å²) in [7, 11) is 0. The lowest BCUT2D eigenvalue weighted by molar-refractivity contribution is 0.161. The molecule has 100 valence electrons. The van der Waals surface area contributed by atoms with E-state index in [0.29, 0.717) is 11.6 Å². The van der Waals surface area contributed by atoms with Crippen molar-refractivity contribution < 1.29 is 13.9 Å². The first-order chi connectivity index (χ1) is 8.55. The number of aliphatic hydroxyl groups is 1. The van der Waals surface area contributed by atoms with Crippen molar-refractivity contribution in [1.82, 2.24) is 5.32 Å². The largest absolute Gasteiger partial charge is 0.394 e. The van der Waals surface area contributed by atoms with Crippen molar-refractivity contribution in [2.24, 2.45) is 0 Å². The molecule has 0 aromatic heterocycles. The van der Waals surface area contributed by atoms with E-state index in [0.717, 1.165) is 25.0 Å². The van der Waals surface area contributed by atoms with Crippen LogP contribution in [0.5, 0.6) is 0 Å². The Balaban J connectivity index is 2.21. The Labute approximate surface area is 106 Å². The van der Waals surface area contributed by atoms with Gasteiger partial charge in [0.1, 0.15) is 0 Å². The van der Waals surface area contributed by atoms with Gasteiger partial charge in [-0.15, -0.1) is 0 Å². The fraction of sp³-hybridized carbons (Fsp3) is 0.571. The number of benzene rings is 1. The zero-order chi connectivity index (χ0) is 13.2. The molecule has 0 spiro atoms. The fourth-order valence-electron chi connectivity index (χ4n) is 2.58. The minimum atomic E-state index is -0.875. The second-order valence-electron chi connectivity index (χ2n) is 5.24. The highest BCUT2D eigenvalue weighted by Gasteiger charge is 2.30. The predicted octanol–water partition coefficient (Wildman–Crippen LogP) is 2.70. The van der Waals surface area contributed by atoms with E-state index in [4.69, 9.17) is 0 Å². The number of halogens is 2. The highest BCUT2D eigenvalue weighted by Crippen LogP contribution is 2.27. The molecule has 2 rings (SSSR count). The van der Waals surface area contributed by atoms with Crippen LogP contribution in [0.4, 0.5) is 8.78 Å². The Morgan fingerprint density at radius 3 is 2.50 bits per heavy atom. The van der Waals surface area contributed by atoms with E-state index in [9.17, 15) is 13.9 Å². The van der Waals surface area contributed by atoms with Gasteiger partial charge in [-0.3, -0.25) is 0 Å². The zero-order valence-corrected chi connectivity index (χ0v) is 10.5. The first-order valence-electron chi connectivity index (χ1n) is 6.39. The van der Waals surface area contributed by atoms with Gasteiger partial charge in [-0.25, -0.2) is 8.78 Å². The van der Waals surface area contributed by atoms with Gasteiger partial charge in [0.05, 0.1) is 12.1 Å². The summed E-state index contributed by atoms with van der Waals surface area (Å²) in [6, 6.07) is 4.13. The van der Waals surface area contributed by atoms with E-state index < -0.39 is 17.2 Å². The molecule has 0 radical (unpaired) electrons. The van der Waals surface area contributed by atoms with Crippen molar-refractivity contribution >= 4 is 0 Å². The highest BCUT2D eigenvalue weighted by molar-refractivity contribution is 5.26. The minimum absolute atomic E-state index is 0.144. The van der Waals surface area contributed by atoms with Gasteiger partial charge in [0.2, 0.25) is 0 Å². The van der Waals surface area contributed by atoms with Gasteiger partial charge in [-0.1, -0.05) is 18.9 Å². The van der Waals surface area contributed by atoms with E-state index in [1.165, 1.54) is 18.9 Å². The monoisotopic (exact) mass is 255 g/mol. The van der Waals surface area contributed by atoms with Gasteiger partial charge in [-0.2, -0.15) is 0 Å². The molecule has 2 N–H and O–H groups in total. The van der Waals surface area contributed by atoms with E-state index in [1.54, 1.807) is 0 Å². The molecule has 0 amide bonds. The van der Waals surface area contributed by atoms with Crippen LogP contribution in [-0.2, 0) is 5.54 Å². The second kappa shape index (κ2) is 5.33. The van der Waals surface area contributed by atoms with Crippen LogP contribution in [0.1, 0.15) is 38.2 Å². The summed E-state index contributed by atoms with van der Waals surface area (Å²) in [5.74, 6) is -1.74. The van der Waals surface area contributed by atoms with Crippen LogP contribution in [0.25, 0.3) is 0 Å². The Morgan fingerprint density at radius 1 is 1.28 bits per heavy atom. The molecule has 2 nitrogen and oxygen atoms in total. The van der Waals surface area contributed by atoms with E-state index in [2.05, 4.69) is 5.32 Å². The average Bonchev–Trinajstić information content (AvgIpc) is 2.85. The predicted molar refractivity (Wildman–Crippen MR) is 66.2 cm³/mol. The molecule has 1 fully saturated rings. The summed E-state index contributed by atoms with van der Waals surface area (Å²) >= 11 is 0. The zero-order valence-electron chi connectivity index (χ0n) is 10.5. The van der Waals surface area contributed by atoms with Crippen molar-refractivity contribution in [3.05, 3.63) is 35.4 Å². The van der Waals surface area contributed by atoms with Gasteiger partial charge in [0.25, 0.3) is 0 Å². The lowest BCUT2D eigenvalue weighted by atomic mass is 9.91. The summed E-state index contributed by atoms with van der Waals surface area (Å²) in [5.41, 5.74) is -0.139. The van der Waals surface area contributed by atoms with Gasteiger partial charge >= 0.3 is 0 Å². The molecule has 1 aromatic carbocycles.